The van der Waals surface area contributed by atoms with Gasteiger partial charge in [-0.15, -0.1) is 0 Å². The van der Waals surface area contributed by atoms with Gasteiger partial charge in [0.2, 0.25) is 0 Å². The van der Waals surface area contributed by atoms with Crippen LogP contribution in [0, 0.1) is 0 Å². The van der Waals surface area contributed by atoms with Crippen molar-refractivity contribution >= 4 is 17.5 Å². The Morgan fingerprint density at radius 3 is 2.24 bits per heavy atom. The molecule has 0 radical (unpaired) electrons. The van der Waals surface area contributed by atoms with E-state index in [-0.39, 0.29) is 6.04 Å². The molecule has 1 aliphatic carbocycles. The first-order valence-corrected chi connectivity index (χ1v) is 11.2. The average Bonchev–Trinajstić information content (AvgIpc) is 3.01. The Balaban J connectivity index is 1.33. The van der Waals surface area contributed by atoms with Gasteiger partial charge in [-0.2, -0.15) is 0 Å². The number of amides is 2. The molecule has 1 heterocycles. The van der Waals surface area contributed by atoms with Crippen molar-refractivity contribution in [2.24, 2.45) is 0 Å². The van der Waals surface area contributed by atoms with Gasteiger partial charge in [0.05, 0.1) is 0 Å². The lowest BCUT2D eigenvalue weighted by atomic mass is 10.1. The summed E-state index contributed by atoms with van der Waals surface area (Å²) in [5.41, 5.74) is 2.55. The van der Waals surface area contributed by atoms with Gasteiger partial charge < -0.3 is 20.4 Å². The molecule has 0 aromatic heterocycles. The van der Waals surface area contributed by atoms with E-state index in [1.807, 2.05) is 0 Å². The van der Waals surface area contributed by atoms with Crippen molar-refractivity contribution in [1.29, 1.82) is 0 Å². The lowest BCUT2D eigenvalue weighted by molar-refractivity contribution is -0.139. The van der Waals surface area contributed by atoms with Crippen LogP contribution < -0.4 is 15.5 Å². The Hall–Kier alpha value is -2.08. The number of piperazine rings is 1. The number of nitrogens with one attached hydrogen (secondary N) is 2. The van der Waals surface area contributed by atoms with Crippen LogP contribution in [0.1, 0.15) is 50.5 Å². The van der Waals surface area contributed by atoms with E-state index in [1.54, 1.807) is 0 Å². The second-order valence-electron chi connectivity index (χ2n) is 8.48. The maximum atomic E-state index is 12.1. The Morgan fingerprint density at radius 2 is 1.59 bits per heavy atom. The van der Waals surface area contributed by atoms with Crippen molar-refractivity contribution in [3.8, 4) is 0 Å². The minimum absolute atomic E-state index is 0.162. The molecule has 0 spiro atoms. The van der Waals surface area contributed by atoms with Crippen LogP contribution in [0.15, 0.2) is 24.3 Å². The number of hydrogen-bond donors (Lipinski definition) is 2. The Bertz CT molecular complexity index is 645. The third kappa shape index (κ3) is 7.03. The maximum Gasteiger partial charge on any atom is 0.309 e. The standard InChI is InChI=1S/C23H36N4O2/c1-26-15-17-27(18-16-26)21-12-10-19(11-13-21)7-6-14-24-22(28)23(29)25-20-8-4-2-3-5-9-20/h10-13,20H,2-9,14-18H2,1H3,(H,24,28)(H,25,29). The molecular weight excluding hydrogens is 364 g/mol. The maximum absolute atomic E-state index is 12.1. The number of carbonyl (C=O) groups is 2. The van der Waals surface area contributed by atoms with E-state index < -0.39 is 11.8 Å². The van der Waals surface area contributed by atoms with Gasteiger partial charge in [-0.25, -0.2) is 0 Å². The quantitative estimate of drug-likeness (QED) is 0.437. The molecule has 29 heavy (non-hydrogen) atoms. The Morgan fingerprint density at radius 1 is 0.931 bits per heavy atom. The van der Waals surface area contributed by atoms with E-state index in [2.05, 4.69) is 51.7 Å². The van der Waals surface area contributed by atoms with Crippen molar-refractivity contribution in [2.75, 3.05) is 44.7 Å². The first kappa shape index (κ1) is 21.6. The third-order valence-corrected chi connectivity index (χ3v) is 6.13. The zero-order valence-electron chi connectivity index (χ0n) is 17.8. The summed E-state index contributed by atoms with van der Waals surface area (Å²) in [4.78, 5) is 28.9. The van der Waals surface area contributed by atoms with E-state index in [0.717, 1.165) is 64.7 Å². The zero-order chi connectivity index (χ0) is 20.5. The normalized spacial score (nSPS) is 18.9. The van der Waals surface area contributed by atoms with Gasteiger partial charge in [0, 0.05) is 44.5 Å². The fraction of sp³-hybridized carbons (Fsp3) is 0.652. The van der Waals surface area contributed by atoms with Crippen molar-refractivity contribution in [2.45, 2.75) is 57.4 Å². The largest absolute Gasteiger partial charge is 0.369 e. The average molecular weight is 401 g/mol. The lowest BCUT2D eigenvalue weighted by Crippen LogP contribution is -2.44. The Kier molecular flexibility index (Phi) is 8.35. The highest BCUT2D eigenvalue weighted by Crippen LogP contribution is 2.18. The van der Waals surface area contributed by atoms with E-state index >= 15 is 0 Å². The van der Waals surface area contributed by atoms with Crippen molar-refractivity contribution < 1.29 is 9.59 Å². The molecule has 2 N–H and O–H groups in total. The minimum Gasteiger partial charge on any atom is -0.369 e. The number of hydrogen-bond acceptors (Lipinski definition) is 4. The van der Waals surface area contributed by atoms with Crippen molar-refractivity contribution in [3.05, 3.63) is 29.8 Å². The second-order valence-corrected chi connectivity index (χ2v) is 8.48. The van der Waals surface area contributed by atoms with Crippen LogP contribution in [0.4, 0.5) is 5.69 Å². The van der Waals surface area contributed by atoms with Crippen LogP contribution in [0.3, 0.4) is 0 Å². The van der Waals surface area contributed by atoms with E-state index in [1.165, 1.54) is 24.1 Å². The van der Waals surface area contributed by atoms with E-state index in [9.17, 15) is 9.59 Å². The summed E-state index contributed by atoms with van der Waals surface area (Å²) in [5, 5.41) is 5.66. The number of aryl methyl sites for hydroxylation is 1. The summed E-state index contributed by atoms with van der Waals surface area (Å²) in [6, 6.07) is 8.90. The van der Waals surface area contributed by atoms with Gasteiger partial charge >= 0.3 is 11.8 Å². The molecule has 6 heteroatoms. The number of benzene rings is 1. The number of rotatable bonds is 6. The fourth-order valence-corrected chi connectivity index (χ4v) is 4.19. The summed E-state index contributed by atoms with van der Waals surface area (Å²) in [7, 11) is 2.17. The monoisotopic (exact) mass is 400 g/mol. The predicted molar refractivity (Wildman–Crippen MR) is 117 cm³/mol. The minimum atomic E-state index is -0.500. The van der Waals surface area contributed by atoms with Crippen LogP contribution >= 0.6 is 0 Å². The predicted octanol–water partition coefficient (Wildman–Crippen LogP) is 2.33. The molecule has 0 bridgehead atoms. The smallest absolute Gasteiger partial charge is 0.309 e. The van der Waals surface area contributed by atoms with Crippen molar-refractivity contribution in [3.63, 3.8) is 0 Å². The van der Waals surface area contributed by atoms with Crippen LogP contribution in [0.2, 0.25) is 0 Å². The number of carbonyl (C=O) groups excluding carboxylic acids is 2. The first-order chi connectivity index (χ1) is 14.1. The van der Waals surface area contributed by atoms with Crippen LogP contribution in [0.5, 0.6) is 0 Å². The molecule has 2 aliphatic rings. The highest BCUT2D eigenvalue weighted by molar-refractivity contribution is 6.35. The van der Waals surface area contributed by atoms with Gasteiger partial charge in [-0.3, -0.25) is 9.59 Å². The molecule has 3 rings (SSSR count). The van der Waals surface area contributed by atoms with Gasteiger partial charge in [0.15, 0.2) is 0 Å². The molecule has 2 fully saturated rings. The first-order valence-electron chi connectivity index (χ1n) is 11.2. The number of nitrogens with zero attached hydrogens (tertiary/aromatic N) is 2. The van der Waals surface area contributed by atoms with E-state index in [4.69, 9.17) is 0 Å². The Labute approximate surface area is 175 Å². The molecule has 1 saturated carbocycles. The summed E-state index contributed by atoms with van der Waals surface area (Å²) >= 11 is 0. The van der Waals surface area contributed by atoms with Gasteiger partial charge in [0.25, 0.3) is 0 Å². The van der Waals surface area contributed by atoms with Crippen LogP contribution in [-0.2, 0) is 16.0 Å². The second kappa shape index (κ2) is 11.2. The third-order valence-electron chi connectivity index (χ3n) is 6.13. The molecule has 1 aromatic carbocycles. The molecule has 160 valence electrons. The summed E-state index contributed by atoms with van der Waals surface area (Å²) in [6.45, 7) is 4.89. The fourth-order valence-electron chi connectivity index (χ4n) is 4.19. The molecule has 6 nitrogen and oxygen atoms in total. The summed E-state index contributed by atoms with van der Waals surface area (Å²) < 4.78 is 0. The molecular formula is C23H36N4O2. The number of anilines is 1. The van der Waals surface area contributed by atoms with Gasteiger partial charge in [-0.05, 0) is 50.4 Å². The lowest BCUT2D eigenvalue weighted by Gasteiger charge is -2.34. The molecule has 1 aromatic rings. The molecule has 0 atom stereocenters. The van der Waals surface area contributed by atoms with Gasteiger partial charge in [-0.1, -0.05) is 37.8 Å². The topological polar surface area (TPSA) is 64.7 Å². The molecule has 1 saturated heterocycles. The zero-order valence-corrected chi connectivity index (χ0v) is 17.8. The van der Waals surface area contributed by atoms with E-state index in [0.29, 0.717) is 6.54 Å². The molecule has 2 amide bonds. The summed E-state index contributed by atoms with van der Waals surface area (Å²) in [6.07, 6.45) is 8.44. The highest BCUT2D eigenvalue weighted by Gasteiger charge is 2.19. The van der Waals surface area contributed by atoms with Crippen LogP contribution in [0.25, 0.3) is 0 Å². The SMILES string of the molecule is CN1CCN(c2ccc(CCCNC(=O)C(=O)NC3CCCCCC3)cc2)CC1. The summed E-state index contributed by atoms with van der Waals surface area (Å²) in [5.74, 6) is -0.979. The number of likely N-dealkylation sites (N-methyl/N-ethyl adjacent to an activating group) is 1. The van der Waals surface area contributed by atoms with Crippen molar-refractivity contribution in [1.82, 2.24) is 15.5 Å². The van der Waals surface area contributed by atoms with Gasteiger partial charge in [0.1, 0.15) is 0 Å². The molecule has 0 unspecified atom stereocenters. The molecule has 1 aliphatic heterocycles. The highest BCUT2D eigenvalue weighted by atomic mass is 16.2. The van der Waals surface area contributed by atoms with Crippen LogP contribution in [-0.4, -0.2) is 62.5 Å².